The standard InChI is InChI=1S/C20H22N6O3.CH2O2/c27-18(17-7-12-29-23-17)25-14-20(15-25,13-16-5-2-1-3-6-16)19(28)21-8-4-10-26-11-9-22-24-26;2-1-3/h1-3,5-7,9,11-12H,4,8,10,13-15H2,(H,21,28);1H,(H,2,3). The summed E-state index contributed by atoms with van der Waals surface area (Å²) in [5.74, 6) is -0.259. The van der Waals surface area contributed by atoms with Gasteiger partial charge in [-0.2, -0.15) is 0 Å². The van der Waals surface area contributed by atoms with Crippen LogP contribution in [-0.4, -0.2) is 68.1 Å². The zero-order valence-corrected chi connectivity index (χ0v) is 17.3. The smallest absolute Gasteiger partial charge is 0.290 e. The highest BCUT2D eigenvalue weighted by Gasteiger charge is 2.51. The molecule has 1 fully saturated rings. The third-order valence-corrected chi connectivity index (χ3v) is 5.12. The molecule has 0 spiro atoms. The van der Waals surface area contributed by atoms with Crippen molar-refractivity contribution in [3.05, 3.63) is 66.3 Å². The quantitative estimate of drug-likeness (QED) is 0.388. The Balaban J connectivity index is 0.000000913. The number of rotatable bonds is 8. The highest BCUT2D eigenvalue weighted by Crippen LogP contribution is 2.35. The van der Waals surface area contributed by atoms with E-state index in [4.69, 9.17) is 14.4 Å². The minimum atomic E-state index is -0.645. The molecular formula is C21H24N6O5. The predicted molar refractivity (Wildman–Crippen MR) is 111 cm³/mol. The third kappa shape index (κ3) is 5.56. The van der Waals surface area contributed by atoms with Crippen molar-refractivity contribution in [3.63, 3.8) is 0 Å². The molecule has 1 aromatic carbocycles. The Morgan fingerprint density at radius 1 is 1.22 bits per heavy atom. The Labute approximate surface area is 184 Å². The first-order valence-electron chi connectivity index (χ1n) is 10.0. The van der Waals surface area contributed by atoms with Crippen molar-refractivity contribution < 1.29 is 24.0 Å². The van der Waals surface area contributed by atoms with E-state index >= 15 is 0 Å². The molecule has 1 saturated heterocycles. The molecule has 0 radical (unpaired) electrons. The van der Waals surface area contributed by atoms with Gasteiger partial charge >= 0.3 is 0 Å². The van der Waals surface area contributed by atoms with Crippen molar-refractivity contribution in [2.75, 3.05) is 19.6 Å². The number of aryl methyl sites for hydroxylation is 1. The molecule has 2 aromatic heterocycles. The van der Waals surface area contributed by atoms with Gasteiger partial charge in [0.1, 0.15) is 6.26 Å². The van der Waals surface area contributed by atoms with E-state index in [0.717, 1.165) is 12.0 Å². The molecule has 0 saturated carbocycles. The van der Waals surface area contributed by atoms with Crippen molar-refractivity contribution >= 4 is 18.3 Å². The molecule has 0 atom stereocenters. The minimum absolute atomic E-state index is 0.0378. The Morgan fingerprint density at radius 2 is 1.97 bits per heavy atom. The fourth-order valence-corrected chi connectivity index (χ4v) is 3.62. The normalized spacial score (nSPS) is 13.9. The van der Waals surface area contributed by atoms with E-state index in [2.05, 4.69) is 20.8 Å². The topological polar surface area (TPSA) is 143 Å². The molecule has 11 nitrogen and oxygen atoms in total. The van der Waals surface area contributed by atoms with Gasteiger partial charge in [-0.25, -0.2) is 0 Å². The van der Waals surface area contributed by atoms with Crippen LogP contribution in [0.2, 0.25) is 0 Å². The largest absolute Gasteiger partial charge is 0.483 e. The number of carbonyl (C=O) groups excluding carboxylic acids is 2. The lowest BCUT2D eigenvalue weighted by molar-refractivity contribution is -0.139. The van der Waals surface area contributed by atoms with Gasteiger partial charge in [-0.15, -0.1) is 5.10 Å². The molecule has 0 aliphatic carbocycles. The highest BCUT2D eigenvalue weighted by molar-refractivity contribution is 5.95. The van der Waals surface area contributed by atoms with Crippen LogP contribution in [0, 0.1) is 5.41 Å². The lowest BCUT2D eigenvalue weighted by Gasteiger charge is -2.48. The predicted octanol–water partition coefficient (Wildman–Crippen LogP) is 0.858. The third-order valence-electron chi connectivity index (χ3n) is 5.12. The molecule has 168 valence electrons. The minimum Gasteiger partial charge on any atom is -0.483 e. The second-order valence-electron chi connectivity index (χ2n) is 7.37. The molecule has 1 aliphatic rings. The summed E-state index contributed by atoms with van der Waals surface area (Å²) in [6.07, 6.45) is 6.11. The van der Waals surface area contributed by atoms with E-state index in [1.54, 1.807) is 22.0 Å². The summed E-state index contributed by atoms with van der Waals surface area (Å²) in [5, 5.41) is 21.3. The Kier molecular flexibility index (Phi) is 7.68. The van der Waals surface area contributed by atoms with Gasteiger partial charge in [-0.05, 0) is 18.4 Å². The molecule has 1 aliphatic heterocycles. The monoisotopic (exact) mass is 440 g/mol. The molecule has 2 amide bonds. The number of amides is 2. The number of carboxylic acid groups (broad SMARTS) is 1. The molecule has 0 unspecified atom stereocenters. The maximum Gasteiger partial charge on any atom is 0.290 e. The van der Waals surface area contributed by atoms with Crippen molar-refractivity contribution in [1.29, 1.82) is 0 Å². The maximum atomic E-state index is 13.0. The van der Waals surface area contributed by atoms with E-state index in [-0.39, 0.29) is 24.0 Å². The Bertz CT molecular complexity index is 985. The van der Waals surface area contributed by atoms with Crippen molar-refractivity contribution in [2.24, 2.45) is 5.41 Å². The summed E-state index contributed by atoms with van der Waals surface area (Å²) in [5.41, 5.74) is 0.680. The molecule has 3 aromatic rings. The zero-order chi connectivity index (χ0) is 22.8. The van der Waals surface area contributed by atoms with Crippen LogP contribution in [0.5, 0.6) is 0 Å². The number of likely N-dealkylation sites (tertiary alicyclic amines) is 1. The summed E-state index contributed by atoms with van der Waals surface area (Å²) >= 11 is 0. The van der Waals surface area contributed by atoms with Crippen LogP contribution >= 0.6 is 0 Å². The van der Waals surface area contributed by atoms with E-state index in [1.165, 1.54) is 12.3 Å². The first-order chi connectivity index (χ1) is 15.6. The maximum absolute atomic E-state index is 13.0. The fourth-order valence-electron chi connectivity index (χ4n) is 3.62. The van der Waals surface area contributed by atoms with Gasteiger partial charge in [0.05, 0.1) is 11.6 Å². The van der Waals surface area contributed by atoms with Gasteiger partial charge in [0.2, 0.25) is 5.91 Å². The molecule has 3 heterocycles. The van der Waals surface area contributed by atoms with Crippen LogP contribution in [0.1, 0.15) is 22.5 Å². The van der Waals surface area contributed by atoms with Gasteiger partial charge in [0.15, 0.2) is 5.69 Å². The summed E-state index contributed by atoms with van der Waals surface area (Å²) in [4.78, 5) is 35.5. The SMILES string of the molecule is O=C(c1ccon1)N1CC(Cc2ccccc2)(C(=O)NCCCn2ccnn2)C1.O=CO. The van der Waals surface area contributed by atoms with Crippen molar-refractivity contribution in [3.8, 4) is 0 Å². The first-order valence-corrected chi connectivity index (χ1v) is 10.0. The molecule has 32 heavy (non-hydrogen) atoms. The summed E-state index contributed by atoms with van der Waals surface area (Å²) in [7, 11) is 0. The molecule has 4 rings (SSSR count). The lowest BCUT2D eigenvalue weighted by Crippen LogP contribution is -2.65. The van der Waals surface area contributed by atoms with E-state index in [0.29, 0.717) is 32.6 Å². The molecule has 2 N–H and O–H groups in total. The number of carbonyl (C=O) groups is 3. The van der Waals surface area contributed by atoms with Gasteiger partial charge in [-0.1, -0.05) is 40.7 Å². The highest BCUT2D eigenvalue weighted by atomic mass is 16.5. The number of nitrogens with zero attached hydrogens (tertiary/aromatic N) is 5. The van der Waals surface area contributed by atoms with Crippen LogP contribution in [0.15, 0.2) is 59.6 Å². The summed E-state index contributed by atoms with van der Waals surface area (Å²) in [6.45, 7) is 1.67. The number of benzene rings is 1. The van der Waals surface area contributed by atoms with E-state index < -0.39 is 5.41 Å². The lowest BCUT2D eigenvalue weighted by atomic mass is 9.73. The Morgan fingerprint density at radius 3 is 2.59 bits per heavy atom. The van der Waals surface area contributed by atoms with Crippen LogP contribution in [0.25, 0.3) is 0 Å². The number of hydrogen-bond acceptors (Lipinski definition) is 7. The van der Waals surface area contributed by atoms with Crippen LogP contribution in [-0.2, 0) is 22.6 Å². The number of aromatic nitrogens is 4. The molecule has 0 bridgehead atoms. The van der Waals surface area contributed by atoms with Gasteiger partial charge in [-0.3, -0.25) is 19.1 Å². The summed E-state index contributed by atoms with van der Waals surface area (Å²) < 4.78 is 6.49. The fraction of sp³-hybridized carbons (Fsp3) is 0.333. The second-order valence-corrected chi connectivity index (χ2v) is 7.37. The average Bonchev–Trinajstić information content (AvgIpc) is 3.48. The number of hydrogen-bond donors (Lipinski definition) is 2. The van der Waals surface area contributed by atoms with Gasteiger partial charge < -0.3 is 19.8 Å². The van der Waals surface area contributed by atoms with Gasteiger partial charge in [0, 0.05) is 38.4 Å². The molecule has 11 heteroatoms. The van der Waals surface area contributed by atoms with Crippen LogP contribution in [0.4, 0.5) is 0 Å². The zero-order valence-electron chi connectivity index (χ0n) is 17.3. The van der Waals surface area contributed by atoms with E-state index in [1.807, 2.05) is 30.3 Å². The van der Waals surface area contributed by atoms with E-state index in [9.17, 15) is 9.59 Å². The van der Waals surface area contributed by atoms with Crippen LogP contribution in [0.3, 0.4) is 0 Å². The summed E-state index contributed by atoms with van der Waals surface area (Å²) in [6, 6.07) is 11.4. The molecular weight excluding hydrogens is 416 g/mol. The Hall–Kier alpha value is -4.02. The van der Waals surface area contributed by atoms with Crippen LogP contribution < -0.4 is 5.32 Å². The van der Waals surface area contributed by atoms with Gasteiger partial charge in [0.25, 0.3) is 12.4 Å². The van der Waals surface area contributed by atoms with Crippen molar-refractivity contribution in [1.82, 2.24) is 30.4 Å². The van der Waals surface area contributed by atoms with Crippen molar-refractivity contribution in [2.45, 2.75) is 19.4 Å². The second kappa shape index (κ2) is 10.8. The average molecular weight is 440 g/mol. The first kappa shape index (κ1) is 22.7. The number of nitrogens with one attached hydrogen (secondary N) is 1.